The van der Waals surface area contributed by atoms with Crippen molar-refractivity contribution in [1.82, 2.24) is 4.57 Å². The van der Waals surface area contributed by atoms with Crippen molar-refractivity contribution in [3.05, 3.63) is 66.4 Å². The normalized spacial score (nSPS) is 10.5. The van der Waals surface area contributed by atoms with Crippen molar-refractivity contribution >= 4 is 43.5 Å². The van der Waals surface area contributed by atoms with E-state index in [9.17, 15) is 4.79 Å². The minimum Gasteiger partial charge on any atom is -0.309 e. The summed E-state index contributed by atoms with van der Waals surface area (Å²) in [5.41, 5.74) is 0.842. The molecule has 0 saturated carbocycles. The molecule has 0 aliphatic heterocycles. The molecule has 88 valence electrons. The summed E-state index contributed by atoms with van der Waals surface area (Å²) in [6.07, 6.45) is 1.75. The van der Waals surface area contributed by atoms with Crippen molar-refractivity contribution in [3.63, 3.8) is 0 Å². The molecule has 1 heterocycles. The summed E-state index contributed by atoms with van der Waals surface area (Å²) in [4.78, 5) is 11.9. The Bertz CT molecular complexity index is 610. The number of benzene rings is 1. The second-order valence-corrected chi connectivity index (χ2v) is 5.71. The standard InChI is InChI=1S/C12H8Br2ClNO/c13-9-5-10(14)12(17)16(7-9)6-8-3-1-2-4-11(8)15/h1-5,7H,6H2. The SMILES string of the molecule is O=c1c(Br)cc(Br)cn1Cc1ccccc1Cl. The second kappa shape index (κ2) is 5.38. The Balaban J connectivity index is 2.44. The zero-order valence-electron chi connectivity index (χ0n) is 8.66. The van der Waals surface area contributed by atoms with Crippen molar-refractivity contribution in [3.8, 4) is 0 Å². The molecule has 0 amide bonds. The van der Waals surface area contributed by atoms with E-state index in [1.165, 1.54) is 0 Å². The first-order valence-corrected chi connectivity index (χ1v) is 6.83. The molecule has 0 radical (unpaired) electrons. The smallest absolute Gasteiger partial charge is 0.265 e. The minimum absolute atomic E-state index is 0.0758. The van der Waals surface area contributed by atoms with E-state index in [1.54, 1.807) is 16.8 Å². The van der Waals surface area contributed by atoms with E-state index in [2.05, 4.69) is 31.9 Å². The third-order valence-corrected chi connectivity index (χ3v) is 3.68. The van der Waals surface area contributed by atoms with Gasteiger partial charge in [0.25, 0.3) is 5.56 Å². The number of hydrogen-bond acceptors (Lipinski definition) is 1. The maximum absolute atomic E-state index is 11.9. The molecule has 0 unspecified atom stereocenters. The molecule has 17 heavy (non-hydrogen) atoms. The Morgan fingerprint density at radius 1 is 1.24 bits per heavy atom. The van der Waals surface area contributed by atoms with Crippen molar-refractivity contribution < 1.29 is 0 Å². The Morgan fingerprint density at radius 2 is 1.94 bits per heavy atom. The van der Waals surface area contributed by atoms with E-state index >= 15 is 0 Å². The number of aromatic nitrogens is 1. The van der Waals surface area contributed by atoms with Gasteiger partial charge in [-0.3, -0.25) is 4.79 Å². The quantitative estimate of drug-likeness (QED) is 0.773. The van der Waals surface area contributed by atoms with Gasteiger partial charge >= 0.3 is 0 Å². The molecular formula is C12H8Br2ClNO. The predicted octanol–water partition coefficient (Wildman–Crippen LogP) is 4.08. The first-order valence-electron chi connectivity index (χ1n) is 4.87. The molecule has 1 aromatic heterocycles. The Labute approximate surface area is 120 Å². The van der Waals surface area contributed by atoms with Gasteiger partial charge < -0.3 is 4.57 Å². The van der Waals surface area contributed by atoms with Crippen LogP contribution in [0.5, 0.6) is 0 Å². The monoisotopic (exact) mass is 375 g/mol. The highest BCUT2D eigenvalue weighted by atomic mass is 79.9. The summed E-state index contributed by atoms with van der Waals surface area (Å²) in [7, 11) is 0. The molecule has 0 bridgehead atoms. The first kappa shape index (κ1) is 12.9. The van der Waals surface area contributed by atoms with Crippen molar-refractivity contribution in [2.24, 2.45) is 0 Å². The molecule has 0 spiro atoms. The van der Waals surface area contributed by atoms with Crippen LogP contribution in [0.4, 0.5) is 0 Å². The molecule has 0 atom stereocenters. The lowest BCUT2D eigenvalue weighted by Gasteiger charge is -2.08. The van der Waals surface area contributed by atoms with Crippen LogP contribution in [0.25, 0.3) is 0 Å². The summed E-state index contributed by atoms with van der Waals surface area (Å²) in [5.74, 6) is 0. The van der Waals surface area contributed by atoms with Crippen LogP contribution in [0.1, 0.15) is 5.56 Å². The van der Waals surface area contributed by atoms with Gasteiger partial charge in [-0.1, -0.05) is 29.8 Å². The highest BCUT2D eigenvalue weighted by molar-refractivity contribution is 9.11. The third kappa shape index (κ3) is 3.00. The lowest BCUT2D eigenvalue weighted by atomic mass is 10.2. The van der Waals surface area contributed by atoms with Gasteiger partial charge in [-0.25, -0.2) is 0 Å². The van der Waals surface area contributed by atoms with Crippen LogP contribution >= 0.6 is 43.5 Å². The van der Waals surface area contributed by atoms with Crippen LogP contribution in [0, 0.1) is 0 Å². The van der Waals surface area contributed by atoms with Gasteiger partial charge in [0, 0.05) is 15.7 Å². The van der Waals surface area contributed by atoms with Gasteiger partial charge in [-0.2, -0.15) is 0 Å². The van der Waals surface area contributed by atoms with Crippen LogP contribution in [0.3, 0.4) is 0 Å². The van der Waals surface area contributed by atoms with Gasteiger partial charge in [0.1, 0.15) is 0 Å². The Hall–Kier alpha value is -0.580. The largest absolute Gasteiger partial charge is 0.309 e. The van der Waals surface area contributed by atoms with Gasteiger partial charge in [-0.15, -0.1) is 0 Å². The average molecular weight is 377 g/mol. The van der Waals surface area contributed by atoms with E-state index in [4.69, 9.17) is 11.6 Å². The fourth-order valence-electron chi connectivity index (χ4n) is 1.49. The van der Waals surface area contributed by atoms with Gasteiger partial charge in [0.05, 0.1) is 11.0 Å². The first-order chi connectivity index (χ1) is 8.08. The summed E-state index contributed by atoms with van der Waals surface area (Å²) < 4.78 is 2.98. The van der Waals surface area contributed by atoms with E-state index < -0.39 is 0 Å². The van der Waals surface area contributed by atoms with E-state index in [0.717, 1.165) is 10.0 Å². The van der Waals surface area contributed by atoms with Gasteiger partial charge in [0.15, 0.2) is 0 Å². The highest BCUT2D eigenvalue weighted by Crippen LogP contribution is 2.18. The minimum atomic E-state index is -0.0758. The molecule has 0 saturated heterocycles. The van der Waals surface area contributed by atoms with Crippen LogP contribution < -0.4 is 5.56 Å². The third-order valence-electron chi connectivity index (χ3n) is 2.31. The van der Waals surface area contributed by atoms with Gasteiger partial charge in [-0.05, 0) is 49.6 Å². The molecular weight excluding hydrogens is 369 g/mol. The number of pyridine rings is 1. The summed E-state index contributed by atoms with van der Waals surface area (Å²) in [6.45, 7) is 0.455. The maximum Gasteiger partial charge on any atom is 0.265 e. The molecule has 2 rings (SSSR count). The molecule has 0 N–H and O–H groups in total. The molecule has 0 aliphatic rings. The second-order valence-electron chi connectivity index (χ2n) is 3.53. The number of hydrogen-bond donors (Lipinski definition) is 0. The highest BCUT2D eigenvalue weighted by Gasteiger charge is 2.05. The number of halogens is 3. The lowest BCUT2D eigenvalue weighted by Crippen LogP contribution is -2.20. The van der Waals surface area contributed by atoms with Crippen molar-refractivity contribution in [2.45, 2.75) is 6.54 Å². The predicted molar refractivity (Wildman–Crippen MR) is 76.7 cm³/mol. The van der Waals surface area contributed by atoms with E-state index in [-0.39, 0.29) is 5.56 Å². The molecule has 5 heteroatoms. The summed E-state index contributed by atoms with van der Waals surface area (Å²) in [5, 5.41) is 0.662. The van der Waals surface area contributed by atoms with Crippen molar-refractivity contribution in [1.29, 1.82) is 0 Å². The maximum atomic E-state index is 11.9. The van der Waals surface area contributed by atoms with Crippen LogP contribution in [0.15, 0.2) is 50.3 Å². The van der Waals surface area contributed by atoms with E-state index in [0.29, 0.717) is 16.0 Å². The Morgan fingerprint density at radius 3 is 2.65 bits per heavy atom. The topological polar surface area (TPSA) is 22.0 Å². The molecule has 2 nitrogen and oxygen atoms in total. The Kier molecular flexibility index (Phi) is 4.07. The fraction of sp³-hybridized carbons (Fsp3) is 0.0833. The van der Waals surface area contributed by atoms with Crippen LogP contribution in [-0.2, 0) is 6.54 Å². The number of rotatable bonds is 2. The van der Waals surface area contributed by atoms with E-state index in [1.807, 2.05) is 24.3 Å². The van der Waals surface area contributed by atoms with Crippen LogP contribution in [0.2, 0.25) is 5.02 Å². The fourth-order valence-corrected chi connectivity index (χ4v) is 2.95. The zero-order chi connectivity index (χ0) is 12.4. The lowest BCUT2D eigenvalue weighted by molar-refractivity contribution is 0.752. The van der Waals surface area contributed by atoms with Gasteiger partial charge in [0.2, 0.25) is 0 Å². The molecule has 1 aromatic carbocycles. The molecule has 0 aliphatic carbocycles. The summed E-state index contributed by atoms with van der Waals surface area (Å²) in [6, 6.07) is 9.22. The average Bonchev–Trinajstić information content (AvgIpc) is 2.28. The zero-order valence-corrected chi connectivity index (χ0v) is 12.6. The van der Waals surface area contributed by atoms with Crippen molar-refractivity contribution in [2.75, 3.05) is 0 Å². The summed E-state index contributed by atoms with van der Waals surface area (Å²) >= 11 is 12.7. The number of nitrogens with zero attached hydrogens (tertiary/aromatic N) is 1. The molecule has 2 aromatic rings. The molecule has 0 fully saturated rings. The van der Waals surface area contributed by atoms with Crippen LogP contribution in [-0.4, -0.2) is 4.57 Å².